The van der Waals surface area contributed by atoms with Crippen LogP contribution in [0.25, 0.3) is 0 Å². The summed E-state index contributed by atoms with van der Waals surface area (Å²) in [4.78, 5) is 27.4. The van der Waals surface area contributed by atoms with Gasteiger partial charge in [0.05, 0.1) is 0 Å². The summed E-state index contributed by atoms with van der Waals surface area (Å²) in [5.41, 5.74) is 4.93. The maximum Gasteiger partial charge on any atom is 0.325 e. The maximum absolute atomic E-state index is 12.0. The van der Waals surface area contributed by atoms with E-state index in [-0.39, 0.29) is 11.9 Å². The van der Waals surface area contributed by atoms with Crippen molar-refractivity contribution < 1.29 is 9.59 Å². The van der Waals surface area contributed by atoms with Gasteiger partial charge in [-0.25, -0.2) is 4.79 Å². The molecule has 2 unspecified atom stereocenters. The quantitative estimate of drug-likeness (QED) is 0.703. The van der Waals surface area contributed by atoms with Crippen molar-refractivity contribution in [2.75, 3.05) is 26.2 Å². The van der Waals surface area contributed by atoms with Gasteiger partial charge in [-0.15, -0.1) is 0 Å². The van der Waals surface area contributed by atoms with Gasteiger partial charge in [0.1, 0.15) is 5.54 Å². The number of amides is 3. The van der Waals surface area contributed by atoms with Crippen LogP contribution in [0.5, 0.6) is 0 Å². The number of likely N-dealkylation sites (tertiary alicyclic amines) is 1. The number of nitrogens with zero attached hydrogens (tertiary/aromatic N) is 2. The highest BCUT2D eigenvalue weighted by atomic mass is 16.2. The lowest BCUT2D eigenvalue weighted by molar-refractivity contribution is -0.130. The van der Waals surface area contributed by atoms with E-state index in [4.69, 9.17) is 5.73 Å². The first-order valence-corrected chi connectivity index (χ1v) is 6.93. The van der Waals surface area contributed by atoms with Gasteiger partial charge in [-0.1, -0.05) is 0 Å². The highest BCUT2D eigenvalue weighted by molar-refractivity contribution is 6.06. The minimum Gasteiger partial charge on any atom is -0.330 e. The van der Waals surface area contributed by atoms with Crippen LogP contribution in [0.15, 0.2) is 0 Å². The van der Waals surface area contributed by atoms with E-state index in [9.17, 15) is 9.59 Å². The number of hydrogen-bond acceptors (Lipinski definition) is 4. The second-order valence-corrected chi connectivity index (χ2v) is 6.19. The average molecular weight is 268 g/mol. The molecular weight excluding hydrogens is 244 g/mol. The molecule has 2 heterocycles. The van der Waals surface area contributed by atoms with Gasteiger partial charge >= 0.3 is 6.03 Å². The summed E-state index contributed by atoms with van der Waals surface area (Å²) in [6.45, 7) is 8.49. The molecule has 19 heavy (non-hydrogen) atoms. The molecular formula is C13H24N4O2. The molecule has 2 rings (SSSR count). The summed E-state index contributed by atoms with van der Waals surface area (Å²) in [5.74, 6) is 0.397. The molecule has 0 aromatic heterocycles. The zero-order valence-electron chi connectivity index (χ0n) is 12.0. The van der Waals surface area contributed by atoms with Gasteiger partial charge in [-0.3, -0.25) is 14.6 Å². The molecule has 0 radical (unpaired) electrons. The molecule has 0 aliphatic carbocycles. The third-order valence-electron chi connectivity index (χ3n) is 4.18. The van der Waals surface area contributed by atoms with Crippen LogP contribution in [-0.4, -0.2) is 59.5 Å². The molecule has 0 aromatic carbocycles. The van der Waals surface area contributed by atoms with E-state index in [0.29, 0.717) is 25.0 Å². The Morgan fingerprint density at radius 3 is 2.53 bits per heavy atom. The van der Waals surface area contributed by atoms with Gasteiger partial charge < -0.3 is 11.1 Å². The Balaban J connectivity index is 1.89. The minimum atomic E-state index is -0.770. The average Bonchev–Trinajstić information content (AvgIpc) is 2.77. The summed E-state index contributed by atoms with van der Waals surface area (Å²) >= 11 is 0. The number of hydrogen-bond donors (Lipinski definition) is 2. The first-order valence-electron chi connectivity index (χ1n) is 6.93. The molecule has 0 spiro atoms. The molecule has 0 aromatic rings. The number of carbonyl (C=O) groups is 2. The van der Waals surface area contributed by atoms with Gasteiger partial charge in [0.2, 0.25) is 0 Å². The summed E-state index contributed by atoms with van der Waals surface area (Å²) in [6, 6.07) is 0.194. The number of carbonyl (C=O) groups excluding carboxylic acids is 2. The van der Waals surface area contributed by atoms with Crippen LogP contribution < -0.4 is 11.1 Å². The molecule has 2 fully saturated rings. The van der Waals surface area contributed by atoms with Crippen molar-refractivity contribution >= 4 is 11.9 Å². The highest BCUT2D eigenvalue weighted by Gasteiger charge is 2.44. The predicted octanol–water partition coefficient (Wildman–Crippen LogP) is -0.0141. The summed E-state index contributed by atoms with van der Waals surface area (Å²) in [7, 11) is 0. The first kappa shape index (κ1) is 14.3. The zero-order valence-corrected chi connectivity index (χ0v) is 12.0. The van der Waals surface area contributed by atoms with Crippen LogP contribution in [-0.2, 0) is 4.79 Å². The highest BCUT2D eigenvalue weighted by Crippen LogP contribution is 2.22. The van der Waals surface area contributed by atoms with E-state index in [2.05, 4.69) is 17.1 Å². The van der Waals surface area contributed by atoms with Crippen LogP contribution in [0, 0.1) is 5.92 Å². The van der Waals surface area contributed by atoms with E-state index >= 15 is 0 Å². The van der Waals surface area contributed by atoms with Crippen molar-refractivity contribution in [1.82, 2.24) is 15.1 Å². The van der Waals surface area contributed by atoms with Crippen molar-refractivity contribution in [1.29, 1.82) is 0 Å². The van der Waals surface area contributed by atoms with E-state index in [1.165, 1.54) is 4.90 Å². The molecule has 6 heteroatoms. The van der Waals surface area contributed by atoms with Crippen molar-refractivity contribution in [2.24, 2.45) is 11.7 Å². The Hall–Kier alpha value is -1.14. The number of nitrogens with two attached hydrogens (primary N) is 1. The topological polar surface area (TPSA) is 78.7 Å². The monoisotopic (exact) mass is 268 g/mol. The van der Waals surface area contributed by atoms with Gasteiger partial charge in [0.25, 0.3) is 5.91 Å². The summed E-state index contributed by atoms with van der Waals surface area (Å²) in [6.07, 6.45) is 1.10. The van der Waals surface area contributed by atoms with Crippen LogP contribution in [0.1, 0.15) is 27.2 Å². The molecule has 2 atom stereocenters. The fourth-order valence-corrected chi connectivity index (χ4v) is 2.95. The fourth-order valence-electron chi connectivity index (χ4n) is 2.95. The van der Waals surface area contributed by atoms with Crippen molar-refractivity contribution in [3.05, 3.63) is 0 Å². The van der Waals surface area contributed by atoms with Crippen molar-refractivity contribution in [2.45, 2.75) is 38.8 Å². The van der Waals surface area contributed by atoms with Gasteiger partial charge in [0.15, 0.2) is 0 Å². The lowest BCUT2D eigenvalue weighted by Gasteiger charge is -2.23. The SMILES string of the molecule is CC1CC(CN)CN1CCN1C(=O)NC(C)(C)C1=O. The number of urea groups is 1. The van der Waals surface area contributed by atoms with E-state index in [1.54, 1.807) is 13.8 Å². The number of imide groups is 1. The molecule has 2 aliphatic rings. The zero-order chi connectivity index (χ0) is 14.2. The van der Waals surface area contributed by atoms with Gasteiger partial charge in [0, 0.05) is 25.7 Å². The summed E-state index contributed by atoms with van der Waals surface area (Å²) < 4.78 is 0. The van der Waals surface area contributed by atoms with Crippen LogP contribution in [0.4, 0.5) is 4.79 Å². The third-order valence-corrected chi connectivity index (χ3v) is 4.18. The van der Waals surface area contributed by atoms with E-state index < -0.39 is 5.54 Å². The number of rotatable bonds is 4. The Morgan fingerprint density at radius 1 is 1.37 bits per heavy atom. The standard InChI is InChI=1S/C13H24N4O2/c1-9-6-10(7-14)8-16(9)4-5-17-11(18)13(2,3)15-12(17)19/h9-10H,4-8,14H2,1-3H3,(H,15,19). The smallest absolute Gasteiger partial charge is 0.325 e. The van der Waals surface area contributed by atoms with Gasteiger partial charge in [-0.05, 0) is 39.7 Å². The predicted molar refractivity (Wildman–Crippen MR) is 72.5 cm³/mol. The fraction of sp³-hybridized carbons (Fsp3) is 0.846. The molecule has 3 N–H and O–H groups in total. The summed E-state index contributed by atoms with van der Waals surface area (Å²) in [5, 5.41) is 2.70. The third kappa shape index (κ3) is 2.74. The van der Waals surface area contributed by atoms with E-state index in [1.807, 2.05) is 0 Å². The number of nitrogens with one attached hydrogen (secondary N) is 1. The van der Waals surface area contributed by atoms with Crippen molar-refractivity contribution in [3.8, 4) is 0 Å². The Labute approximate surface area is 114 Å². The molecule has 0 saturated carbocycles. The second kappa shape index (κ2) is 5.09. The molecule has 2 aliphatic heterocycles. The Morgan fingerprint density at radius 2 is 2.05 bits per heavy atom. The minimum absolute atomic E-state index is 0.139. The molecule has 3 amide bonds. The van der Waals surface area contributed by atoms with Crippen molar-refractivity contribution in [3.63, 3.8) is 0 Å². The molecule has 108 valence electrons. The van der Waals surface area contributed by atoms with E-state index in [0.717, 1.165) is 19.5 Å². The van der Waals surface area contributed by atoms with Crippen LogP contribution in [0.2, 0.25) is 0 Å². The largest absolute Gasteiger partial charge is 0.330 e. The van der Waals surface area contributed by atoms with Crippen LogP contribution >= 0.6 is 0 Å². The molecule has 2 saturated heterocycles. The lowest BCUT2D eigenvalue weighted by Crippen LogP contribution is -2.42. The second-order valence-electron chi connectivity index (χ2n) is 6.19. The molecule has 0 bridgehead atoms. The lowest BCUT2D eigenvalue weighted by atomic mass is 10.1. The van der Waals surface area contributed by atoms with Crippen LogP contribution in [0.3, 0.4) is 0 Å². The Bertz CT molecular complexity index is 383. The van der Waals surface area contributed by atoms with Gasteiger partial charge in [-0.2, -0.15) is 0 Å². The Kier molecular flexibility index (Phi) is 3.82. The maximum atomic E-state index is 12.0. The molecule has 6 nitrogen and oxygen atoms in total. The first-order chi connectivity index (χ1) is 8.85. The normalized spacial score (nSPS) is 31.1.